The molecule has 6 aromatic rings. The third-order valence-corrected chi connectivity index (χ3v) is 18.3. The second-order valence-corrected chi connectivity index (χ2v) is 34.9. The smallest absolute Gasteiger partial charge is 0.350 e. The van der Waals surface area contributed by atoms with E-state index < -0.39 is 182 Å². The Bertz CT molecular complexity index is 4560. The van der Waals surface area contributed by atoms with Crippen molar-refractivity contribution in [3.05, 3.63) is 211 Å². The molecule has 0 heterocycles. The molecule has 28 heteroatoms. The normalized spacial score (nSPS) is 13.6. The molecule has 3 aliphatic carbocycles. The van der Waals surface area contributed by atoms with E-state index in [-0.39, 0.29) is 83.5 Å². The van der Waals surface area contributed by atoms with Crippen LogP contribution in [0.4, 0.5) is 0 Å². The summed E-state index contributed by atoms with van der Waals surface area (Å²) in [5.41, 5.74) is -11.1. The fourth-order valence-corrected chi connectivity index (χ4v) is 11.4. The van der Waals surface area contributed by atoms with Crippen LogP contribution in [-0.4, -0.2) is 171 Å². The zero-order valence-electron chi connectivity index (χ0n) is 60.1. The number of benzene rings is 6. The first-order valence-corrected chi connectivity index (χ1v) is 35.5. The molecule has 0 bridgehead atoms. The van der Waals surface area contributed by atoms with E-state index in [1.54, 1.807) is 36.4 Å². The van der Waals surface area contributed by atoms with Gasteiger partial charge in [-0.2, -0.15) is 0 Å². The Kier molecular flexibility index (Phi) is 23.5. The number of hydrogen-bond acceptors (Lipinski definition) is 25. The first-order valence-electron chi connectivity index (χ1n) is 33.2. The molecule has 6 aromatic carbocycles. The van der Waals surface area contributed by atoms with Crippen LogP contribution in [0.3, 0.4) is 0 Å². The summed E-state index contributed by atoms with van der Waals surface area (Å²) in [6.45, 7) is 8.40. The van der Waals surface area contributed by atoms with Gasteiger partial charge in [0, 0.05) is 66.8 Å². The summed E-state index contributed by atoms with van der Waals surface area (Å²) in [7, 11) is 0. The summed E-state index contributed by atoms with van der Waals surface area (Å²) in [5, 5.41) is 0. The van der Waals surface area contributed by atoms with Gasteiger partial charge in [0.25, 0.3) is 0 Å². The van der Waals surface area contributed by atoms with Crippen LogP contribution in [0.25, 0.3) is 0 Å². The predicted octanol–water partition coefficient (Wildman–Crippen LogP) is 11.0. The van der Waals surface area contributed by atoms with Crippen LogP contribution in [-0.2, 0) is 76.1 Å². The van der Waals surface area contributed by atoms with Crippen molar-refractivity contribution in [1.29, 1.82) is 0 Å². The van der Waals surface area contributed by atoms with Crippen molar-refractivity contribution in [3.63, 3.8) is 0 Å². The first kappa shape index (κ1) is 81.1. The highest BCUT2D eigenvalue weighted by Gasteiger charge is 2.48. The lowest BCUT2D eigenvalue weighted by Crippen LogP contribution is -2.50. The molecule has 0 radical (unpaired) electrons. The number of halogens is 3. The van der Waals surface area contributed by atoms with Gasteiger partial charge < -0.3 is 47.4 Å². The number of hydrogen-bond donors (Lipinski definition) is 0. The maximum absolute atomic E-state index is 14.6. The lowest BCUT2D eigenvalue weighted by Gasteiger charge is -2.37. The molecule has 0 amide bonds. The highest BCUT2D eigenvalue weighted by atomic mass is 79.9. The van der Waals surface area contributed by atoms with Crippen LogP contribution in [0, 0.1) is 10.8 Å². The molecule has 0 N–H and O–H groups in total. The van der Waals surface area contributed by atoms with E-state index in [0.29, 0.717) is 0 Å². The lowest BCUT2D eigenvalue weighted by atomic mass is 9.83. The van der Waals surface area contributed by atoms with E-state index in [1.165, 1.54) is 128 Å². The van der Waals surface area contributed by atoms with E-state index in [9.17, 15) is 71.9 Å². The van der Waals surface area contributed by atoms with E-state index in [4.69, 9.17) is 47.4 Å². The van der Waals surface area contributed by atoms with Crippen molar-refractivity contribution in [2.24, 2.45) is 10.8 Å². The van der Waals surface area contributed by atoms with Crippen LogP contribution in [0.5, 0.6) is 0 Å². The Morgan fingerprint density at radius 2 is 0.449 bits per heavy atom. The monoisotopic (exact) mass is 1660 g/mol. The minimum Gasteiger partial charge on any atom is -0.464 e. The Morgan fingerprint density at radius 3 is 0.654 bits per heavy atom. The Balaban J connectivity index is 1.03. The van der Waals surface area contributed by atoms with Crippen molar-refractivity contribution in [3.8, 4) is 0 Å². The number of rotatable bonds is 28. The van der Waals surface area contributed by atoms with Gasteiger partial charge in [-0.25, -0.2) is 28.8 Å². The maximum Gasteiger partial charge on any atom is 0.350 e. The number of esters is 9. The predicted molar refractivity (Wildman–Crippen MR) is 388 cm³/mol. The van der Waals surface area contributed by atoms with Crippen LogP contribution in [0.2, 0.25) is 0 Å². The van der Waals surface area contributed by atoms with Crippen LogP contribution in [0.15, 0.2) is 127 Å². The van der Waals surface area contributed by atoms with Gasteiger partial charge in [0.15, 0.2) is 34.7 Å². The van der Waals surface area contributed by atoms with Crippen molar-refractivity contribution in [1.82, 2.24) is 0 Å². The van der Waals surface area contributed by atoms with Gasteiger partial charge in [-0.05, 0) is 138 Å². The topological polar surface area (TPSA) is 348 Å². The van der Waals surface area contributed by atoms with Gasteiger partial charge in [0.1, 0.15) is 52.6 Å². The van der Waals surface area contributed by atoms with Gasteiger partial charge in [-0.3, -0.25) is 43.2 Å². The van der Waals surface area contributed by atoms with E-state index >= 15 is 0 Å². The van der Waals surface area contributed by atoms with Crippen LogP contribution in [0.1, 0.15) is 210 Å². The summed E-state index contributed by atoms with van der Waals surface area (Å²) in [6.07, 6.45) is 0. The fourth-order valence-electron chi connectivity index (χ4n) is 11.0. The fraction of sp³-hybridized carbons (Fsp3) is 0.354. The average molecular weight is 1660 g/mol. The zero-order chi connectivity index (χ0) is 78.9. The van der Waals surface area contributed by atoms with Gasteiger partial charge in [0.2, 0.25) is 16.8 Å². The summed E-state index contributed by atoms with van der Waals surface area (Å²) >= 11 is 9.81. The second-order valence-electron chi connectivity index (χ2n) is 29.0. The van der Waals surface area contributed by atoms with Crippen molar-refractivity contribution < 1.29 is 119 Å². The number of carbonyl (C=O) groups is 15. The lowest BCUT2D eigenvalue weighted by molar-refractivity contribution is -0.187. The largest absolute Gasteiger partial charge is 0.464 e. The maximum atomic E-state index is 14.6. The molecule has 0 unspecified atom stereocenters. The quantitative estimate of drug-likeness (QED) is 0.0250. The van der Waals surface area contributed by atoms with Crippen molar-refractivity contribution in [2.45, 2.75) is 113 Å². The Hall–Kier alpha value is -10.0. The number of ether oxygens (including phenoxy) is 10. The van der Waals surface area contributed by atoms with E-state index in [1.807, 2.05) is 0 Å². The molecule has 3 aliphatic rings. The molecule has 0 aliphatic heterocycles. The second kappa shape index (κ2) is 31.0. The molecule has 0 atom stereocenters. The molecular weight excluding hydrogens is 1590 g/mol. The third-order valence-electron chi connectivity index (χ3n) is 17.3. The van der Waals surface area contributed by atoms with Crippen LogP contribution < -0.4 is 0 Å². The average Bonchev–Trinajstić information content (AvgIpc) is 0.767. The molecule has 25 nitrogen and oxygen atoms in total. The minimum absolute atomic E-state index is 0.0103. The number of carbonyl (C=O) groups excluding carboxylic acids is 15. The molecule has 0 saturated carbocycles. The zero-order valence-corrected chi connectivity index (χ0v) is 64.9. The highest BCUT2D eigenvalue weighted by molar-refractivity contribution is 9.10. The van der Waals surface area contributed by atoms with Crippen molar-refractivity contribution >= 4 is 136 Å². The van der Waals surface area contributed by atoms with Crippen molar-refractivity contribution in [2.75, 3.05) is 52.9 Å². The highest BCUT2D eigenvalue weighted by Crippen LogP contribution is 2.36. The number of ketones is 6. The summed E-state index contributed by atoms with van der Waals surface area (Å²) in [4.78, 5) is 208. The van der Waals surface area contributed by atoms with Gasteiger partial charge in [-0.15, -0.1) is 0 Å². The molecule has 107 heavy (non-hydrogen) atoms. The molecular formula is C79H73Br3O25. The molecule has 9 rings (SSSR count). The number of fused-ring (bicyclic) bond motifs is 6. The molecule has 0 aromatic heterocycles. The third kappa shape index (κ3) is 18.0. The van der Waals surface area contributed by atoms with Crippen LogP contribution >= 0.6 is 47.8 Å². The minimum atomic E-state index is -2.25. The summed E-state index contributed by atoms with van der Waals surface area (Å²) < 4.78 is 54.7. The molecule has 0 spiro atoms. The molecule has 0 saturated heterocycles. The first-order chi connectivity index (χ1) is 49.8. The molecule has 0 fully saturated rings. The Morgan fingerprint density at radius 1 is 0.262 bits per heavy atom. The summed E-state index contributed by atoms with van der Waals surface area (Å²) in [5.74, 6) is -13.1. The summed E-state index contributed by atoms with van der Waals surface area (Å²) in [6, 6.07) is 29.3. The van der Waals surface area contributed by atoms with E-state index in [0.717, 1.165) is 45.9 Å². The van der Waals surface area contributed by atoms with Gasteiger partial charge in [0.05, 0.1) is 40.7 Å². The molecule has 560 valence electrons. The van der Waals surface area contributed by atoms with Gasteiger partial charge in [-0.1, -0.05) is 121 Å². The Labute approximate surface area is 639 Å². The van der Waals surface area contributed by atoms with Gasteiger partial charge >= 0.3 is 53.7 Å². The SMILES string of the molecule is CC(C)(Br)C(=O)OCC(COCC(COC(=O)C(C)(C)Br)(COC(=O)C(C)(C)OC(=O)c1ccc2c(c1)C(=O)c1ccccc1C2=O)COC(=O)C(C)(C)OC(=O)c1ccc2c(c1)C(=O)c1ccccc1C2=O)(COC(=O)C(C)(C)Br)COC(=O)C(C)(C)OC(=O)c1ccc2c(c1)C(=O)c1ccccc1C2=O. The number of alkyl halides is 3. The van der Waals surface area contributed by atoms with E-state index in [2.05, 4.69) is 47.8 Å². The standard InChI is InChI=1S/C79H73Br3O25/c1-72(2,80)66(92)99-36-78(37-100-67(93)73(3,4)81,39-102-69(95)75(7,8)105-63(89)42-25-28-51-54(31-42)60(86)48-22-16-13-19-45(48)57(51)83)34-98-35-79(38-101-68(94)74(5,6)82,40-103-70(96)76(9,10)106-64(90)43-26-29-52-55(32-43)61(87)49-23-17-14-20-46(49)58(52)84)41-104-71(97)77(11,12)107-65(91)44-27-30-53-56(33-44)62(88)50-24-18-15-21-47(50)59(53)85/h13-33H,34-41H2,1-12H3.